The van der Waals surface area contributed by atoms with E-state index in [4.69, 9.17) is 0 Å². The van der Waals surface area contributed by atoms with Crippen molar-refractivity contribution in [2.45, 2.75) is 50.8 Å². The molecule has 0 saturated heterocycles. The van der Waals surface area contributed by atoms with E-state index in [1.165, 1.54) is 17.5 Å². The number of benzene rings is 1. The minimum atomic E-state index is -0.127. The lowest BCUT2D eigenvalue weighted by molar-refractivity contribution is 0.246. The van der Waals surface area contributed by atoms with Gasteiger partial charge in [0, 0.05) is 11.4 Å². The molecule has 0 unspecified atom stereocenters. The second kappa shape index (κ2) is 7.43. The summed E-state index contributed by atoms with van der Waals surface area (Å²) in [5.74, 6) is 0. The average molecular weight is 280 g/mol. The minimum Gasteiger partial charge on any atom is -0.337 e. The number of hydrogen-bond acceptors (Lipinski definition) is 2. The molecular formula is C15H24N2OS. The predicted molar refractivity (Wildman–Crippen MR) is 82.4 cm³/mol. The van der Waals surface area contributed by atoms with Crippen LogP contribution in [0.15, 0.2) is 29.2 Å². The molecule has 0 aliphatic rings. The van der Waals surface area contributed by atoms with Gasteiger partial charge in [0.05, 0.1) is 0 Å². The topological polar surface area (TPSA) is 41.1 Å². The van der Waals surface area contributed by atoms with Gasteiger partial charge >= 0.3 is 6.03 Å². The van der Waals surface area contributed by atoms with Gasteiger partial charge in [0.15, 0.2) is 0 Å². The van der Waals surface area contributed by atoms with Gasteiger partial charge in [0.2, 0.25) is 0 Å². The van der Waals surface area contributed by atoms with E-state index in [2.05, 4.69) is 49.9 Å². The van der Waals surface area contributed by atoms with Crippen LogP contribution in [-0.4, -0.2) is 12.6 Å². The first-order chi connectivity index (χ1) is 8.93. The van der Waals surface area contributed by atoms with E-state index in [-0.39, 0.29) is 11.4 Å². The van der Waals surface area contributed by atoms with Gasteiger partial charge in [-0.1, -0.05) is 46.2 Å². The Hall–Kier alpha value is -1.16. The number of carbonyl (C=O) groups is 1. The molecule has 1 aromatic rings. The van der Waals surface area contributed by atoms with Crippen LogP contribution in [0.4, 0.5) is 4.79 Å². The highest BCUT2D eigenvalue weighted by Crippen LogP contribution is 2.24. The number of nitrogens with one attached hydrogen (secondary N) is 2. The molecule has 1 rings (SSSR count). The summed E-state index contributed by atoms with van der Waals surface area (Å²) in [6, 6.07) is 8.17. The first kappa shape index (κ1) is 15.9. The molecule has 0 aliphatic carbocycles. The summed E-state index contributed by atoms with van der Waals surface area (Å²) in [5, 5.41) is 2.82. The second-order valence-electron chi connectivity index (χ2n) is 5.59. The average Bonchev–Trinajstić information content (AvgIpc) is 2.36. The van der Waals surface area contributed by atoms with E-state index in [0.29, 0.717) is 0 Å². The molecule has 0 spiro atoms. The van der Waals surface area contributed by atoms with E-state index in [1.807, 2.05) is 12.1 Å². The van der Waals surface area contributed by atoms with Crippen molar-refractivity contribution >= 4 is 18.0 Å². The maximum atomic E-state index is 11.5. The Morgan fingerprint density at radius 1 is 1.21 bits per heavy atom. The highest BCUT2D eigenvalue weighted by Gasteiger charge is 2.12. The Morgan fingerprint density at radius 2 is 1.84 bits per heavy atom. The van der Waals surface area contributed by atoms with E-state index < -0.39 is 0 Å². The smallest absolute Gasteiger partial charge is 0.325 e. The zero-order valence-corrected chi connectivity index (χ0v) is 13.1. The molecule has 19 heavy (non-hydrogen) atoms. The quantitative estimate of drug-likeness (QED) is 0.630. The van der Waals surface area contributed by atoms with Crippen LogP contribution in [0.5, 0.6) is 0 Å². The van der Waals surface area contributed by atoms with Crippen LogP contribution in [0.3, 0.4) is 0 Å². The largest absolute Gasteiger partial charge is 0.337 e. The van der Waals surface area contributed by atoms with Crippen molar-refractivity contribution in [3.8, 4) is 0 Å². The number of rotatable bonds is 5. The monoisotopic (exact) mass is 280 g/mol. The molecule has 0 aliphatic heterocycles. The molecule has 0 fully saturated rings. The summed E-state index contributed by atoms with van der Waals surface area (Å²) < 4.78 is 2.78. The van der Waals surface area contributed by atoms with Gasteiger partial charge in [-0.2, -0.15) is 0 Å². The molecule has 2 N–H and O–H groups in total. The van der Waals surface area contributed by atoms with E-state index in [0.717, 1.165) is 24.3 Å². The molecule has 0 heterocycles. The maximum Gasteiger partial charge on any atom is 0.325 e. The van der Waals surface area contributed by atoms with Crippen LogP contribution < -0.4 is 10.0 Å². The van der Waals surface area contributed by atoms with Crippen LogP contribution >= 0.6 is 11.9 Å². The number of urea groups is 1. The molecule has 3 nitrogen and oxygen atoms in total. The summed E-state index contributed by atoms with van der Waals surface area (Å²) in [6.45, 7) is 9.40. The summed E-state index contributed by atoms with van der Waals surface area (Å²) in [5.41, 5.74) is 1.46. The summed E-state index contributed by atoms with van der Waals surface area (Å²) >= 11 is 1.34. The van der Waals surface area contributed by atoms with Crippen molar-refractivity contribution in [2.24, 2.45) is 0 Å². The van der Waals surface area contributed by atoms with E-state index in [1.54, 1.807) is 0 Å². The standard InChI is InChI=1S/C15H24N2OS/c1-5-6-11-16-14(18)17-19-13-9-7-12(8-10-13)15(2,3)4/h7-10H,5-6,11H2,1-4H3,(H2,16,17,18). The fourth-order valence-corrected chi connectivity index (χ4v) is 2.10. The lowest BCUT2D eigenvalue weighted by atomic mass is 9.87. The second-order valence-corrected chi connectivity index (χ2v) is 6.47. The molecule has 0 bridgehead atoms. The summed E-state index contributed by atoms with van der Waals surface area (Å²) in [7, 11) is 0. The van der Waals surface area contributed by atoms with Crippen LogP contribution in [0.1, 0.15) is 46.1 Å². The number of hydrogen-bond donors (Lipinski definition) is 2. The van der Waals surface area contributed by atoms with Gasteiger partial charge in [-0.05, 0) is 41.5 Å². The van der Waals surface area contributed by atoms with Crippen molar-refractivity contribution in [3.63, 3.8) is 0 Å². The van der Waals surface area contributed by atoms with Gasteiger partial charge in [0.1, 0.15) is 0 Å². The Bertz CT molecular complexity index is 396. The maximum absolute atomic E-state index is 11.5. The van der Waals surface area contributed by atoms with Crippen LogP contribution in [-0.2, 0) is 5.41 Å². The lowest BCUT2D eigenvalue weighted by Crippen LogP contribution is -2.31. The fraction of sp³-hybridized carbons (Fsp3) is 0.533. The van der Waals surface area contributed by atoms with Crippen molar-refractivity contribution < 1.29 is 4.79 Å². The first-order valence-corrected chi connectivity index (χ1v) is 7.56. The van der Waals surface area contributed by atoms with Crippen LogP contribution in [0, 0.1) is 0 Å². The fourth-order valence-electron chi connectivity index (χ4n) is 1.54. The van der Waals surface area contributed by atoms with Crippen molar-refractivity contribution in [1.29, 1.82) is 0 Å². The lowest BCUT2D eigenvalue weighted by Gasteiger charge is -2.19. The minimum absolute atomic E-state index is 0.127. The number of unbranched alkanes of at least 4 members (excludes halogenated alkanes) is 1. The first-order valence-electron chi connectivity index (χ1n) is 6.74. The Labute approximate surface area is 120 Å². The third-order valence-electron chi connectivity index (χ3n) is 2.80. The van der Waals surface area contributed by atoms with Crippen molar-refractivity contribution in [1.82, 2.24) is 10.0 Å². The molecule has 0 aromatic heterocycles. The SMILES string of the molecule is CCCCNC(=O)NSc1ccc(C(C)(C)C)cc1. The highest BCUT2D eigenvalue weighted by molar-refractivity contribution is 7.98. The third-order valence-corrected chi connectivity index (χ3v) is 3.59. The van der Waals surface area contributed by atoms with Crippen molar-refractivity contribution in [3.05, 3.63) is 29.8 Å². The summed E-state index contributed by atoms with van der Waals surface area (Å²) in [6.07, 6.45) is 2.10. The van der Waals surface area contributed by atoms with Gasteiger partial charge in [0.25, 0.3) is 0 Å². The molecular weight excluding hydrogens is 256 g/mol. The zero-order chi connectivity index (χ0) is 14.3. The number of carbonyl (C=O) groups excluding carboxylic acids is 1. The highest BCUT2D eigenvalue weighted by atomic mass is 32.2. The molecule has 4 heteroatoms. The molecule has 0 saturated carbocycles. The van der Waals surface area contributed by atoms with Crippen LogP contribution in [0.25, 0.3) is 0 Å². The normalized spacial score (nSPS) is 11.2. The third kappa shape index (κ3) is 6.01. The molecule has 106 valence electrons. The Morgan fingerprint density at radius 3 is 2.37 bits per heavy atom. The Balaban J connectivity index is 2.40. The predicted octanol–water partition coefficient (Wildman–Crippen LogP) is 4.09. The van der Waals surface area contributed by atoms with Gasteiger partial charge in [-0.3, -0.25) is 4.72 Å². The summed E-state index contributed by atoms with van der Waals surface area (Å²) in [4.78, 5) is 12.5. The van der Waals surface area contributed by atoms with Gasteiger partial charge in [-0.25, -0.2) is 4.79 Å². The molecule has 2 amide bonds. The molecule has 0 radical (unpaired) electrons. The molecule has 1 aromatic carbocycles. The Kier molecular flexibility index (Phi) is 6.22. The zero-order valence-electron chi connectivity index (χ0n) is 12.2. The van der Waals surface area contributed by atoms with Gasteiger partial charge in [-0.15, -0.1) is 0 Å². The van der Waals surface area contributed by atoms with Crippen LogP contribution in [0.2, 0.25) is 0 Å². The number of amides is 2. The molecule has 0 atom stereocenters. The van der Waals surface area contributed by atoms with E-state index >= 15 is 0 Å². The van der Waals surface area contributed by atoms with E-state index in [9.17, 15) is 4.79 Å². The van der Waals surface area contributed by atoms with Gasteiger partial charge < -0.3 is 5.32 Å². The van der Waals surface area contributed by atoms with Crippen molar-refractivity contribution in [2.75, 3.05) is 6.54 Å².